The lowest BCUT2D eigenvalue weighted by molar-refractivity contribution is -0.137. The van der Waals surface area contributed by atoms with E-state index >= 15 is 0 Å². The molecule has 1 aliphatic heterocycles. The molecule has 1 N–H and O–H groups in total. The number of carbonyl (C=O) groups is 1. The van der Waals surface area contributed by atoms with Gasteiger partial charge in [-0.1, -0.05) is 24.3 Å². The van der Waals surface area contributed by atoms with Gasteiger partial charge in [-0.15, -0.1) is 0 Å². The van der Waals surface area contributed by atoms with E-state index in [0.29, 0.717) is 6.54 Å². The molecule has 0 saturated heterocycles. The highest BCUT2D eigenvalue weighted by molar-refractivity contribution is 5.94. The van der Waals surface area contributed by atoms with Crippen molar-refractivity contribution in [2.75, 3.05) is 13.6 Å². The van der Waals surface area contributed by atoms with Crippen LogP contribution in [0.15, 0.2) is 48.5 Å². The molecule has 1 aliphatic rings. The molecule has 2 aromatic carbocycles. The second kappa shape index (κ2) is 6.88. The van der Waals surface area contributed by atoms with Crippen molar-refractivity contribution in [1.29, 1.82) is 0 Å². The molecular formula is C19H19F3N2O. The van der Waals surface area contributed by atoms with E-state index in [1.165, 1.54) is 23.3 Å². The third kappa shape index (κ3) is 4.02. The Morgan fingerprint density at radius 2 is 1.76 bits per heavy atom. The number of halogens is 3. The standard InChI is InChI=1S/C19H19F3N2O/c1-24-12-15-5-3-2-4-14(15)10-17(24)11-23-18(25)13-6-8-16(9-7-13)19(20,21)22/h2-9,17H,10-12H2,1H3,(H,23,25). The molecule has 1 amide bonds. The van der Waals surface area contributed by atoms with Gasteiger partial charge in [0.15, 0.2) is 0 Å². The Morgan fingerprint density at radius 3 is 2.40 bits per heavy atom. The summed E-state index contributed by atoms with van der Waals surface area (Å²) in [6, 6.07) is 12.6. The molecule has 3 rings (SSSR count). The van der Waals surface area contributed by atoms with Crippen molar-refractivity contribution in [1.82, 2.24) is 10.2 Å². The minimum atomic E-state index is -4.40. The number of fused-ring (bicyclic) bond motifs is 1. The third-order valence-corrected chi connectivity index (χ3v) is 4.59. The van der Waals surface area contributed by atoms with E-state index in [4.69, 9.17) is 0 Å². The van der Waals surface area contributed by atoms with E-state index in [1.807, 2.05) is 19.2 Å². The zero-order valence-corrected chi connectivity index (χ0v) is 13.8. The van der Waals surface area contributed by atoms with Gasteiger partial charge in [-0.3, -0.25) is 9.69 Å². The summed E-state index contributed by atoms with van der Waals surface area (Å²) in [5, 5.41) is 2.83. The normalized spacial score (nSPS) is 17.8. The highest BCUT2D eigenvalue weighted by Gasteiger charge is 2.30. The molecule has 2 aromatic rings. The molecule has 0 aliphatic carbocycles. The van der Waals surface area contributed by atoms with E-state index in [-0.39, 0.29) is 17.5 Å². The number of alkyl halides is 3. The SMILES string of the molecule is CN1Cc2ccccc2CC1CNC(=O)c1ccc(C(F)(F)F)cc1. The fourth-order valence-electron chi connectivity index (χ4n) is 3.07. The molecule has 25 heavy (non-hydrogen) atoms. The molecule has 0 fully saturated rings. The Balaban J connectivity index is 1.61. The first-order valence-electron chi connectivity index (χ1n) is 8.07. The Hall–Kier alpha value is -2.34. The second-order valence-electron chi connectivity index (χ2n) is 6.33. The van der Waals surface area contributed by atoms with Crippen molar-refractivity contribution in [3.63, 3.8) is 0 Å². The van der Waals surface area contributed by atoms with Crippen LogP contribution in [0.1, 0.15) is 27.0 Å². The van der Waals surface area contributed by atoms with Crippen LogP contribution in [0.3, 0.4) is 0 Å². The van der Waals surface area contributed by atoms with Crippen LogP contribution < -0.4 is 5.32 Å². The van der Waals surface area contributed by atoms with E-state index in [9.17, 15) is 18.0 Å². The fourth-order valence-corrected chi connectivity index (χ4v) is 3.07. The largest absolute Gasteiger partial charge is 0.416 e. The molecule has 1 unspecified atom stereocenters. The zero-order chi connectivity index (χ0) is 18.0. The average molecular weight is 348 g/mol. The number of nitrogens with zero attached hydrogens (tertiary/aromatic N) is 1. The van der Waals surface area contributed by atoms with Crippen LogP contribution in [0.4, 0.5) is 13.2 Å². The number of amides is 1. The van der Waals surface area contributed by atoms with Crippen molar-refractivity contribution < 1.29 is 18.0 Å². The van der Waals surface area contributed by atoms with Gasteiger partial charge in [0, 0.05) is 24.7 Å². The van der Waals surface area contributed by atoms with E-state index in [2.05, 4.69) is 22.3 Å². The van der Waals surface area contributed by atoms with Crippen LogP contribution in [-0.4, -0.2) is 30.4 Å². The summed E-state index contributed by atoms with van der Waals surface area (Å²) in [5.41, 5.74) is 2.03. The Kier molecular flexibility index (Phi) is 4.81. The number of likely N-dealkylation sites (N-methyl/N-ethyl adjacent to an activating group) is 1. The number of carbonyl (C=O) groups excluding carboxylic acids is 1. The summed E-state index contributed by atoms with van der Waals surface area (Å²) < 4.78 is 37.7. The number of rotatable bonds is 3. The molecule has 1 atom stereocenters. The summed E-state index contributed by atoms with van der Waals surface area (Å²) in [6.45, 7) is 1.27. The molecule has 0 aromatic heterocycles. The second-order valence-corrected chi connectivity index (χ2v) is 6.33. The number of hydrogen-bond donors (Lipinski definition) is 1. The van der Waals surface area contributed by atoms with E-state index < -0.39 is 11.7 Å². The summed E-state index contributed by atoms with van der Waals surface area (Å²) in [6.07, 6.45) is -3.56. The molecule has 6 heteroatoms. The van der Waals surface area contributed by atoms with Crippen molar-refractivity contribution in [2.45, 2.75) is 25.2 Å². The molecule has 0 bridgehead atoms. The van der Waals surface area contributed by atoms with E-state index in [1.54, 1.807) is 0 Å². The maximum atomic E-state index is 12.6. The summed E-state index contributed by atoms with van der Waals surface area (Å²) in [7, 11) is 2.00. The van der Waals surface area contributed by atoms with Crippen molar-refractivity contribution in [3.8, 4) is 0 Å². The maximum Gasteiger partial charge on any atom is 0.416 e. The van der Waals surface area contributed by atoms with Gasteiger partial charge in [-0.25, -0.2) is 0 Å². The Bertz CT molecular complexity index is 756. The molecule has 1 heterocycles. The molecule has 3 nitrogen and oxygen atoms in total. The van der Waals surface area contributed by atoms with Crippen LogP contribution in [0.25, 0.3) is 0 Å². The third-order valence-electron chi connectivity index (χ3n) is 4.59. The predicted octanol–water partition coefficient (Wildman–Crippen LogP) is 3.49. The molecule has 132 valence electrons. The van der Waals surface area contributed by atoms with Gasteiger partial charge in [-0.2, -0.15) is 13.2 Å². The van der Waals surface area contributed by atoms with Gasteiger partial charge in [-0.05, 0) is 48.9 Å². The topological polar surface area (TPSA) is 32.3 Å². The first kappa shape index (κ1) is 17.5. The van der Waals surface area contributed by atoms with Gasteiger partial charge in [0.25, 0.3) is 5.91 Å². The van der Waals surface area contributed by atoms with Crippen LogP contribution in [-0.2, 0) is 19.1 Å². The first-order valence-corrected chi connectivity index (χ1v) is 8.07. The number of benzene rings is 2. The van der Waals surface area contributed by atoms with Gasteiger partial charge in [0.2, 0.25) is 0 Å². The maximum absolute atomic E-state index is 12.6. The number of hydrogen-bond acceptors (Lipinski definition) is 2. The molecule has 0 saturated carbocycles. The summed E-state index contributed by atoms with van der Waals surface area (Å²) in [4.78, 5) is 14.4. The highest BCUT2D eigenvalue weighted by atomic mass is 19.4. The van der Waals surface area contributed by atoms with Crippen molar-refractivity contribution >= 4 is 5.91 Å². The molecule has 0 radical (unpaired) electrons. The van der Waals surface area contributed by atoms with Gasteiger partial charge in [0.05, 0.1) is 5.56 Å². The smallest absolute Gasteiger partial charge is 0.350 e. The van der Waals surface area contributed by atoms with Gasteiger partial charge in [0.1, 0.15) is 0 Å². The van der Waals surface area contributed by atoms with Gasteiger partial charge >= 0.3 is 6.18 Å². The first-order chi connectivity index (χ1) is 11.8. The highest BCUT2D eigenvalue weighted by Crippen LogP contribution is 2.29. The lowest BCUT2D eigenvalue weighted by Crippen LogP contribution is -2.45. The van der Waals surface area contributed by atoms with Crippen LogP contribution in [0, 0.1) is 0 Å². The Morgan fingerprint density at radius 1 is 1.12 bits per heavy atom. The number of nitrogens with one attached hydrogen (secondary N) is 1. The van der Waals surface area contributed by atoms with Crippen LogP contribution >= 0.6 is 0 Å². The quantitative estimate of drug-likeness (QED) is 0.921. The summed E-state index contributed by atoms with van der Waals surface area (Å²) >= 11 is 0. The lowest BCUT2D eigenvalue weighted by Gasteiger charge is -2.34. The van der Waals surface area contributed by atoms with Crippen LogP contribution in [0.5, 0.6) is 0 Å². The van der Waals surface area contributed by atoms with Gasteiger partial charge < -0.3 is 5.32 Å². The predicted molar refractivity (Wildman–Crippen MR) is 89.2 cm³/mol. The minimum absolute atomic E-state index is 0.160. The molecule has 0 spiro atoms. The lowest BCUT2D eigenvalue weighted by atomic mass is 9.94. The van der Waals surface area contributed by atoms with Crippen LogP contribution in [0.2, 0.25) is 0 Å². The zero-order valence-electron chi connectivity index (χ0n) is 13.8. The fraction of sp³-hybridized carbons (Fsp3) is 0.316. The average Bonchev–Trinajstić information content (AvgIpc) is 2.59. The van der Waals surface area contributed by atoms with E-state index in [0.717, 1.165) is 25.1 Å². The van der Waals surface area contributed by atoms with Crippen molar-refractivity contribution in [3.05, 3.63) is 70.8 Å². The Labute approximate surface area is 144 Å². The van der Waals surface area contributed by atoms with Crippen molar-refractivity contribution in [2.24, 2.45) is 0 Å². The monoisotopic (exact) mass is 348 g/mol. The molecular weight excluding hydrogens is 329 g/mol. The summed E-state index contributed by atoms with van der Waals surface area (Å²) in [5.74, 6) is -0.360. The minimum Gasteiger partial charge on any atom is -0.350 e.